The first kappa shape index (κ1) is 7.33. The minimum atomic E-state index is -0.935. The maximum Gasteiger partial charge on any atom is 0.409 e. The van der Waals surface area contributed by atoms with Crippen LogP contribution in [0.5, 0.6) is 5.75 Å². The molecule has 1 aromatic rings. The summed E-state index contributed by atoms with van der Waals surface area (Å²) in [5.41, 5.74) is 4.36. The van der Waals surface area contributed by atoms with Crippen molar-refractivity contribution in [2.24, 2.45) is 5.73 Å². The van der Waals surface area contributed by atoms with Crippen molar-refractivity contribution in [1.29, 1.82) is 0 Å². The number of hydrogen-bond donors (Lipinski definition) is 2. The van der Waals surface area contributed by atoms with Gasteiger partial charge in [-0.3, -0.25) is 4.79 Å². The van der Waals surface area contributed by atoms with Gasteiger partial charge in [0, 0.05) is 12.3 Å². The zero-order valence-corrected chi connectivity index (χ0v) is 5.53. The van der Waals surface area contributed by atoms with E-state index in [4.69, 9.17) is 5.73 Å². The Kier molecular flexibility index (Phi) is 1.91. The van der Waals surface area contributed by atoms with Crippen molar-refractivity contribution in [1.82, 2.24) is 4.98 Å². The van der Waals surface area contributed by atoms with Crippen LogP contribution in [0.2, 0.25) is 0 Å². The van der Waals surface area contributed by atoms with Crippen LogP contribution in [-0.2, 0) is 0 Å². The van der Waals surface area contributed by atoms with E-state index >= 15 is 0 Å². The molecule has 1 rings (SSSR count). The van der Waals surface area contributed by atoms with Gasteiger partial charge in [0.25, 0.3) is 5.56 Å². The Morgan fingerprint density at radius 1 is 1.64 bits per heavy atom. The number of amides is 1. The van der Waals surface area contributed by atoms with Crippen molar-refractivity contribution in [3.05, 3.63) is 28.7 Å². The molecule has 0 saturated heterocycles. The summed E-state index contributed by atoms with van der Waals surface area (Å²) in [7, 11) is 0. The van der Waals surface area contributed by atoms with Crippen LogP contribution in [0, 0.1) is 0 Å². The van der Waals surface area contributed by atoms with Crippen LogP contribution in [0.3, 0.4) is 0 Å². The molecule has 0 aromatic carbocycles. The van der Waals surface area contributed by atoms with E-state index in [0.29, 0.717) is 0 Å². The van der Waals surface area contributed by atoms with Gasteiger partial charge in [-0.15, -0.1) is 0 Å². The van der Waals surface area contributed by atoms with E-state index in [0.717, 1.165) is 6.07 Å². The molecule has 0 atom stereocenters. The van der Waals surface area contributed by atoms with E-state index in [1.54, 1.807) is 0 Å². The number of nitrogens with one attached hydrogen (secondary N) is 1. The Labute approximate surface area is 61.8 Å². The van der Waals surface area contributed by atoms with Crippen molar-refractivity contribution in [2.45, 2.75) is 0 Å². The summed E-state index contributed by atoms with van der Waals surface area (Å²) in [5, 5.41) is 0. The number of pyridine rings is 1. The topological polar surface area (TPSA) is 85.2 Å². The van der Waals surface area contributed by atoms with Gasteiger partial charge in [0.15, 0.2) is 0 Å². The van der Waals surface area contributed by atoms with Crippen molar-refractivity contribution in [2.75, 3.05) is 0 Å². The summed E-state index contributed by atoms with van der Waals surface area (Å²) >= 11 is 0. The summed E-state index contributed by atoms with van der Waals surface area (Å²) in [4.78, 5) is 23.1. The van der Waals surface area contributed by atoms with Crippen LogP contribution in [0.25, 0.3) is 0 Å². The molecular weight excluding hydrogens is 148 g/mol. The predicted molar refractivity (Wildman–Crippen MR) is 37.3 cm³/mol. The van der Waals surface area contributed by atoms with Crippen molar-refractivity contribution >= 4 is 6.09 Å². The number of hydrogen-bond acceptors (Lipinski definition) is 3. The van der Waals surface area contributed by atoms with Crippen molar-refractivity contribution < 1.29 is 9.53 Å². The summed E-state index contributed by atoms with van der Waals surface area (Å²) in [6.07, 6.45) is 0.427. The highest BCUT2D eigenvalue weighted by Crippen LogP contribution is 2.02. The average Bonchev–Trinajstić information content (AvgIpc) is 1.85. The van der Waals surface area contributed by atoms with Gasteiger partial charge < -0.3 is 15.5 Å². The number of carbonyl (C=O) groups excluding carboxylic acids is 1. The van der Waals surface area contributed by atoms with E-state index in [1.807, 2.05) is 0 Å². The quantitative estimate of drug-likeness (QED) is 0.589. The highest BCUT2D eigenvalue weighted by atomic mass is 16.5. The minimum absolute atomic E-state index is 0.140. The van der Waals surface area contributed by atoms with E-state index in [1.165, 1.54) is 12.3 Å². The van der Waals surface area contributed by atoms with Gasteiger partial charge in [-0.1, -0.05) is 0 Å². The van der Waals surface area contributed by atoms with E-state index in [9.17, 15) is 9.59 Å². The molecule has 0 aliphatic rings. The van der Waals surface area contributed by atoms with Crippen LogP contribution < -0.4 is 16.0 Å². The molecule has 0 bridgehead atoms. The van der Waals surface area contributed by atoms with Crippen LogP contribution in [-0.4, -0.2) is 11.1 Å². The minimum Gasteiger partial charge on any atom is -0.410 e. The fourth-order valence-electron chi connectivity index (χ4n) is 0.605. The third-order valence-electron chi connectivity index (χ3n) is 0.965. The summed E-state index contributed by atoms with van der Waals surface area (Å²) in [6, 6.07) is 2.55. The Morgan fingerprint density at radius 3 is 2.91 bits per heavy atom. The van der Waals surface area contributed by atoms with Gasteiger partial charge in [-0.2, -0.15) is 0 Å². The van der Waals surface area contributed by atoms with Gasteiger partial charge in [-0.25, -0.2) is 4.79 Å². The highest BCUT2D eigenvalue weighted by molar-refractivity contribution is 5.67. The first-order chi connectivity index (χ1) is 5.18. The molecule has 1 aromatic heterocycles. The molecule has 0 radical (unpaired) electrons. The monoisotopic (exact) mass is 154 g/mol. The predicted octanol–water partition coefficient (Wildman–Crippen LogP) is -0.168. The molecule has 0 aliphatic carbocycles. The second kappa shape index (κ2) is 2.87. The summed E-state index contributed by atoms with van der Waals surface area (Å²) in [6.45, 7) is 0. The SMILES string of the molecule is NC(=O)Oc1cc[nH]c(=O)c1. The lowest BCUT2D eigenvalue weighted by Crippen LogP contribution is -2.17. The molecular formula is C6H6N2O3. The zero-order chi connectivity index (χ0) is 8.27. The summed E-state index contributed by atoms with van der Waals surface area (Å²) in [5.74, 6) is 0.140. The molecule has 0 aliphatic heterocycles. The van der Waals surface area contributed by atoms with Crippen molar-refractivity contribution in [3.63, 3.8) is 0 Å². The number of H-pyrrole nitrogens is 1. The lowest BCUT2D eigenvalue weighted by Gasteiger charge is -1.96. The first-order valence-electron chi connectivity index (χ1n) is 2.84. The number of nitrogens with two attached hydrogens (primary N) is 1. The smallest absolute Gasteiger partial charge is 0.409 e. The Balaban J connectivity index is 2.88. The average molecular weight is 154 g/mol. The molecule has 5 heteroatoms. The molecule has 0 spiro atoms. The molecule has 1 amide bonds. The maximum atomic E-state index is 10.6. The molecule has 1 heterocycles. The fourth-order valence-corrected chi connectivity index (χ4v) is 0.605. The Hall–Kier alpha value is -1.78. The van der Waals surface area contributed by atoms with Gasteiger partial charge in [0.05, 0.1) is 0 Å². The Morgan fingerprint density at radius 2 is 2.36 bits per heavy atom. The number of primary amides is 1. The van der Waals surface area contributed by atoms with Crippen LogP contribution in [0.1, 0.15) is 0 Å². The first-order valence-corrected chi connectivity index (χ1v) is 2.84. The zero-order valence-electron chi connectivity index (χ0n) is 5.53. The summed E-state index contributed by atoms with van der Waals surface area (Å²) < 4.78 is 4.41. The number of aromatic nitrogens is 1. The number of ether oxygens (including phenoxy) is 1. The second-order valence-corrected chi connectivity index (χ2v) is 1.81. The van der Waals surface area contributed by atoms with Crippen molar-refractivity contribution in [3.8, 4) is 5.75 Å². The lowest BCUT2D eigenvalue weighted by atomic mass is 10.4. The fraction of sp³-hybridized carbons (Fsp3) is 0. The number of aromatic amines is 1. The molecule has 0 saturated carbocycles. The van der Waals surface area contributed by atoms with E-state index in [2.05, 4.69) is 9.72 Å². The van der Waals surface area contributed by atoms with Gasteiger partial charge >= 0.3 is 6.09 Å². The Bertz CT molecular complexity index is 318. The molecule has 0 unspecified atom stereocenters. The van der Waals surface area contributed by atoms with E-state index in [-0.39, 0.29) is 11.3 Å². The highest BCUT2D eigenvalue weighted by Gasteiger charge is 1.96. The standard InChI is InChI=1S/C6H6N2O3/c7-6(10)11-4-1-2-8-5(9)3-4/h1-3H,(H2,7,10)(H,8,9). The van der Waals surface area contributed by atoms with Crippen LogP contribution in [0.4, 0.5) is 4.79 Å². The third kappa shape index (κ3) is 2.13. The maximum absolute atomic E-state index is 10.6. The molecule has 58 valence electrons. The van der Waals surface area contributed by atoms with E-state index < -0.39 is 6.09 Å². The largest absolute Gasteiger partial charge is 0.410 e. The molecule has 3 N–H and O–H groups in total. The van der Waals surface area contributed by atoms with Gasteiger partial charge in [0.2, 0.25) is 0 Å². The molecule has 11 heavy (non-hydrogen) atoms. The van der Waals surface area contributed by atoms with Gasteiger partial charge in [0.1, 0.15) is 5.75 Å². The van der Waals surface area contributed by atoms with Crippen LogP contribution >= 0.6 is 0 Å². The second-order valence-electron chi connectivity index (χ2n) is 1.81. The number of carbonyl (C=O) groups is 1. The van der Waals surface area contributed by atoms with Gasteiger partial charge in [-0.05, 0) is 6.07 Å². The van der Waals surface area contributed by atoms with Crippen LogP contribution in [0.15, 0.2) is 23.1 Å². The molecule has 5 nitrogen and oxygen atoms in total. The molecule has 0 fully saturated rings. The normalized spacial score (nSPS) is 9.09. The third-order valence-corrected chi connectivity index (χ3v) is 0.965. The number of rotatable bonds is 1. The lowest BCUT2D eigenvalue weighted by molar-refractivity contribution is 0.211.